The molecule has 1 atom stereocenters. The quantitative estimate of drug-likeness (QED) is 0.728. The maximum Gasteiger partial charge on any atom is 0.237 e. The van der Waals surface area contributed by atoms with Crippen LogP contribution >= 0.6 is 11.8 Å². The van der Waals surface area contributed by atoms with Crippen molar-refractivity contribution in [2.24, 2.45) is 0 Å². The van der Waals surface area contributed by atoms with Crippen molar-refractivity contribution in [2.75, 3.05) is 16.8 Å². The minimum absolute atomic E-state index is 0.00357. The van der Waals surface area contributed by atoms with E-state index in [1.807, 2.05) is 0 Å². The molecule has 0 aliphatic heterocycles. The summed E-state index contributed by atoms with van der Waals surface area (Å²) in [6.07, 6.45) is 0. The van der Waals surface area contributed by atoms with E-state index in [2.05, 4.69) is 20.3 Å². The van der Waals surface area contributed by atoms with Gasteiger partial charge in [-0.2, -0.15) is 15.0 Å². The second-order valence-corrected chi connectivity index (χ2v) is 5.40. The zero-order valence-electron chi connectivity index (χ0n) is 11.1. The molecule has 2 rings (SSSR count). The third-order valence-electron chi connectivity index (χ3n) is 2.41. The van der Waals surface area contributed by atoms with Crippen LogP contribution in [0.2, 0.25) is 0 Å². The Bertz CT molecular complexity index is 630. The van der Waals surface area contributed by atoms with Crippen molar-refractivity contribution in [1.82, 2.24) is 15.0 Å². The molecule has 9 heteroatoms. The average Bonchev–Trinajstić information content (AvgIpc) is 2.40. The van der Waals surface area contributed by atoms with Crippen molar-refractivity contribution in [1.29, 1.82) is 0 Å². The second kappa shape index (κ2) is 6.35. The number of nitrogens with zero attached hydrogens (tertiary/aromatic N) is 3. The van der Waals surface area contributed by atoms with Crippen molar-refractivity contribution < 1.29 is 9.18 Å². The monoisotopic (exact) mass is 308 g/mol. The van der Waals surface area contributed by atoms with Gasteiger partial charge in [0.2, 0.25) is 17.8 Å². The molecule has 21 heavy (non-hydrogen) atoms. The number of nitrogens with two attached hydrogens (primary N) is 2. The molecule has 1 aromatic carbocycles. The molecule has 0 aliphatic rings. The Morgan fingerprint density at radius 1 is 1.19 bits per heavy atom. The lowest BCUT2D eigenvalue weighted by atomic mass is 10.3. The molecule has 0 radical (unpaired) electrons. The Kier molecular flexibility index (Phi) is 4.53. The molecule has 1 amide bonds. The number of aromatic nitrogens is 3. The maximum absolute atomic E-state index is 12.8. The Morgan fingerprint density at radius 2 is 1.76 bits per heavy atom. The molecular weight excluding hydrogens is 295 g/mol. The lowest BCUT2D eigenvalue weighted by Gasteiger charge is -2.11. The number of hydrogen-bond acceptors (Lipinski definition) is 7. The lowest BCUT2D eigenvalue weighted by molar-refractivity contribution is -0.115. The van der Waals surface area contributed by atoms with Crippen LogP contribution in [0, 0.1) is 5.82 Å². The molecule has 0 bridgehead atoms. The molecular formula is C12H13FN6OS. The molecule has 5 N–H and O–H groups in total. The summed E-state index contributed by atoms with van der Waals surface area (Å²) in [5.41, 5.74) is 11.4. The summed E-state index contributed by atoms with van der Waals surface area (Å²) in [7, 11) is 0. The SMILES string of the molecule is C[C@H](Sc1nc(N)nc(N)n1)C(=O)Nc1ccc(F)cc1. The van der Waals surface area contributed by atoms with E-state index < -0.39 is 5.25 Å². The van der Waals surface area contributed by atoms with Crippen molar-refractivity contribution in [3.05, 3.63) is 30.1 Å². The number of nitrogens with one attached hydrogen (secondary N) is 1. The van der Waals surface area contributed by atoms with Crippen LogP contribution in [0.3, 0.4) is 0 Å². The molecule has 1 heterocycles. The fourth-order valence-corrected chi connectivity index (χ4v) is 2.20. The number of carbonyl (C=O) groups is 1. The van der Waals surface area contributed by atoms with Crippen molar-refractivity contribution >= 4 is 35.3 Å². The number of nitrogen functional groups attached to an aromatic ring is 2. The Labute approximate surface area is 124 Å². The number of carbonyl (C=O) groups excluding carboxylic acids is 1. The van der Waals surface area contributed by atoms with Crippen LogP contribution in [-0.2, 0) is 4.79 Å². The van der Waals surface area contributed by atoms with E-state index in [-0.39, 0.29) is 28.8 Å². The Balaban J connectivity index is 2.00. The summed E-state index contributed by atoms with van der Waals surface area (Å²) in [5.74, 6) is -0.650. The zero-order valence-corrected chi connectivity index (χ0v) is 11.9. The number of benzene rings is 1. The van der Waals surface area contributed by atoms with Gasteiger partial charge in [0.05, 0.1) is 5.25 Å². The van der Waals surface area contributed by atoms with Gasteiger partial charge in [0.1, 0.15) is 5.82 Å². The van der Waals surface area contributed by atoms with Crippen LogP contribution < -0.4 is 16.8 Å². The highest BCUT2D eigenvalue weighted by Crippen LogP contribution is 2.21. The number of anilines is 3. The predicted molar refractivity (Wildman–Crippen MR) is 79.0 cm³/mol. The summed E-state index contributed by atoms with van der Waals surface area (Å²) >= 11 is 1.09. The molecule has 0 fully saturated rings. The minimum atomic E-state index is -0.490. The van der Waals surface area contributed by atoms with E-state index in [4.69, 9.17) is 11.5 Å². The van der Waals surface area contributed by atoms with Crippen LogP contribution in [0.1, 0.15) is 6.92 Å². The summed E-state index contributed by atoms with van der Waals surface area (Å²) in [6.45, 7) is 1.68. The summed E-state index contributed by atoms with van der Waals surface area (Å²) < 4.78 is 12.8. The molecule has 2 aromatic rings. The first kappa shape index (κ1) is 15.0. The van der Waals surface area contributed by atoms with E-state index in [9.17, 15) is 9.18 Å². The highest BCUT2D eigenvalue weighted by Gasteiger charge is 2.17. The van der Waals surface area contributed by atoms with Crippen LogP contribution in [-0.4, -0.2) is 26.1 Å². The largest absolute Gasteiger partial charge is 0.368 e. The van der Waals surface area contributed by atoms with E-state index in [0.717, 1.165) is 11.8 Å². The van der Waals surface area contributed by atoms with Crippen molar-refractivity contribution in [2.45, 2.75) is 17.3 Å². The predicted octanol–water partition coefficient (Wildman–Crippen LogP) is 1.29. The molecule has 0 saturated carbocycles. The van der Waals surface area contributed by atoms with Gasteiger partial charge in [-0.15, -0.1) is 0 Å². The number of hydrogen-bond donors (Lipinski definition) is 3. The summed E-state index contributed by atoms with van der Waals surface area (Å²) in [5, 5.41) is 2.43. The van der Waals surface area contributed by atoms with Gasteiger partial charge in [-0.1, -0.05) is 11.8 Å². The number of halogens is 1. The lowest BCUT2D eigenvalue weighted by Crippen LogP contribution is -2.22. The van der Waals surface area contributed by atoms with Crippen molar-refractivity contribution in [3.8, 4) is 0 Å². The van der Waals surface area contributed by atoms with E-state index >= 15 is 0 Å². The number of amides is 1. The topological polar surface area (TPSA) is 120 Å². The molecule has 1 aromatic heterocycles. The average molecular weight is 308 g/mol. The van der Waals surface area contributed by atoms with Gasteiger partial charge in [-0.3, -0.25) is 4.79 Å². The van der Waals surface area contributed by atoms with Crippen LogP contribution in [0.5, 0.6) is 0 Å². The molecule has 7 nitrogen and oxygen atoms in total. The molecule has 0 unspecified atom stereocenters. The maximum atomic E-state index is 12.8. The van der Waals surface area contributed by atoms with E-state index in [0.29, 0.717) is 5.69 Å². The van der Waals surface area contributed by atoms with Gasteiger partial charge >= 0.3 is 0 Å². The second-order valence-electron chi connectivity index (χ2n) is 4.09. The highest BCUT2D eigenvalue weighted by atomic mass is 32.2. The molecule has 110 valence electrons. The summed E-state index contributed by atoms with van der Waals surface area (Å²) in [4.78, 5) is 23.4. The standard InChI is InChI=1S/C12H13FN6OS/c1-6(21-12-18-10(14)17-11(15)19-12)9(20)16-8-4-2-7(13)3-5-8/h2-6H,1H3,(H,16,20)(H4,14,15,17,18,19)/t6-/m0/s1. The molecule has 0 spiro atoms. The molecule has 0 aliphatic carbocycles. The van der Waals surface area contributed by atoms with Gasteiger partial charge in [0.25, 0.3) is 0 Å². The number of rotatable bonds is 4. The first-order valence-corrected chi connectivity index (χ1v) is 6.82. The fraction of sp³-hybridized carbons (Fsp3) is 0.167. The van der Waals surface area contributed by atoms with Crippen molar-refractivity contribution in [3.63, 3.8) is 0 Å². The minimum Gasteiger partial charge on any atom is -0.368 e. The first-order chi connectivity index (χ1) is 9.94. The van der Waals surface area contributed by atoms with Gasteiger partial charge in [-0.05, 0) is 31.2 Å². The third kappa shape index (κ3) is 4.28. The zero-order chi connectivity index (χ0) is 15.4. The van der Waals surface area contributed by atoms with Crippen LogP contribution in [0.25, 0.3) is 0 Å². The normalized spacial score (nSPS) is 11.9. The Hall–Kier alpha value is -2.42. The van der Waals surface area contributed by atoms with Gasteiger partial charge in [-0.25, -0.2) is 4.39 Å². The van der Waals surface area contributed by atoms with Crippen LogP contribution in [0.15, 0.2) is 29.4 Å². The van der Waals surface area contributed by atoms with E-state index in [1.165, 1.54) is 24.3 Å². The Morgan fingerprint density at radius 3 is 2.33 bits per heavy atom. The smallest absolute Gasteiger partial charge is 0.237 e. The number of thioether (sulfide) groups is 1. The van der Waals surface area contributed by atoms with Gasteiger partial charge in [0, 0.05) is 5.69 Å². The molecule has 0 saturated heterocycles. The third-order valence-corrected chi connectivity index (χ3v) is 3.37. The first-order valence-electron chi connectivity index (χ1n) is 5.94. The van der Waals surface area contributed by atoms with Crippen LogP contribution in [0.4, 0.5) is 22.0 Å². The highest BCUT2D eigenvalue weighted by molar-refractivity contribution is 8.00. The fourth-order valence-electron chi connectivity index (χ4n) is 1.43. The summed E-state index contributed by atoms with van der Waals surface area (Å²) in [6, 6.07) is 5.48. The van der Waals surface area contributed by atoms with Gasteiger partial charge < -0.3 is 16.8 Å². The van der Waals surface area contributed by atoms with E-state index in [1.54, 1.807) is 6.92 Å². The van der Waals surface area contributed by atoms with Gasteiger partial charge in [0.15, 0.2) is 5.16 Å².